The van der Waals surface area contributed by atoms with Crippen molar-refractivity contribution in [3.63, 3.8) is 0 Å². The van der Waals surface area contributed by atoms with E-state index in [1.165, 1.54) is 5.56 Å². The highest BCUT2D eigenvalue weighted by atomic mass is 15.2. The topological polar surface area (TPSA) is 29.9 Å². The van der Waals surface area contributed by atoms with E-state index >= 15 is 0 Å². The first-order valence-electron chi connectivity index (χ1n) is 4.86. The van der Waals surface area contributed by atoms with Crippen LogP contribution in [0.3, 0.4) is 0 Å². The quantitative estimate of drug-likeness (QED) is 0.692. The lowest BCUT2D eigenvalue weighted by atomic mass is 10.2. The molecule has 0 atom stereocenters. The number of hydrogen-bond acceptors (Lipinski definition) is 2. The molecule has 0 spiro atoms. The van der Waals surface area contributed by atoms with E-state index in [9.17, 15) is 0 Å². The molecule has 0 unspecified atom stereocenters. The van der Waals surface area contributed by atoms with E-state index < -0.39 is 0 Å². The molecule has 0 aliphatic rings. The Labute approximate surface area is 80.1 Å². The van der Waals surface area contributed by atoms with Gasteiger partial charge in [-0.25, -0.2) is 0 Å². The number of nitrogens with zero attached hydrogens (tertiary/aromatic N) is 2. The average Bonchev–Trinajstić information content (AvgIpc) is 2.45. The highest BCUT2D eigenvalue weighted by Gasteiger charge is 1.96. The van der Waals surface area contributed by atoms with Crippen molar-refractivity contribution in [2.24, 2.45) is 13.0 Å². The van der Waals surface area contributed by atoms with Crippen molar-refractivity contribution < 1.29 is 0 Å². The van der Waals surface area contributed by atoms with Crippen LogP contribution < -0.4 is 5.32 Å². The zero-order valence-corrected chi connectivity index (χ0v) is 8.75. The summed E-state index contributed by atoms with van der Waals surface area (Å²) < 4.78 is 1.85. The van der Waals surface area contributed by atoms with Crippen LogP contribution in [-0.2, 0) is 13.5 Å². The van der Waals surface area contributed by atoms with Crippen LogP contribution in [0.25, 0.3) is 0 Å². The highest BCUT2D eigenvalue weighted by molar-refractivity contribution is 5.03. The molecule has 0 aliphatic heterocycles. The molecule has 0 aliphatic carbocycles. The molecule has 1 rings (SSSR count). The second-order valence-electron chi connectivity index (χ2n) is 3.87. The first kappa shape index (κ1) is 10.3. The van der Waals surface area contributed by atoms with Crippen molar-refractivity contribution in [2.45, 2.75) is 20.3 Å². The highest BCUT2D eigenvalue weighted by Crippen LogP contribution is 1.96. The van der Waals surface area contributed by atoms with Gasteiger partial charge in [0.1, 0.15) is 0 Å². The Morgan fingerprint density at radius 2 is 2.31 bits per heavy atom. The van der Waals surface area contributed by atoms with E-state index in [4.69, 9.17) is 0 Å². The molecule has 3 nitrogen and oxygen atoms in total. The first-order chi connectivity index (χ1) is 6.18. The Balaban J connectivity index is 2.13. The van der Waals surface area contributed by atoms with Gasteiger partial charge in [-0.3, -0.25) is 4.68 Å². The number of aryl methyl sites for hydroxylation is 1. The zero-order valence-electron chi connectivity index (χ0n) is 8.75. The predicted octanol–water partition coefficient (Wildman–Crippen LogP) is 1.21. The Morgan fingerprint density at radius 1 is 1.54 bits per heavy atom. The van der Waals surface area contributed by atoms with Crippen molar-refractivity contribution in [3.8, 4) is 0 Å². The first-order valence-corrected chi connectivity index (χ1v) is 4.86. The minimum atomic E-state index is 0.730. The molecule has 0 radical (unpaired) electrons. The molecule has 1 heterocycles. The van der Waals surface area contributed by atoms with Gasteiger partial charge >= 0.3 is 0 Å². The molecule has 3 heteroatoms. The molecule has 1 aromatic rings. The summed E-state index contributed by atoms with van der Waals surface area (Å²) in [7, 11) is 1.95. The third-order valence-electron chi connectivity index (χ3n) is 1.90. The van der Waals surface area contributed by atoms with Gasteiger partial charge in [-0.15, -0.1) is 0 Å². The van der Waals surface area contributed by atoms with Crippen LogP contribution in [0.1, 0.15) is 19.4 Å². The van der Waals surface area contributed by atoms with Crippen molar-refractivity contribution in [1.29, 1.82) is 0 Å². The molecular weight excluding hydrogens is 162 g/mol. The third kappa shape index (κ3) is 4.08. The van der Waals surface area contributed by atoms with E-state index in [-0.39, 0.29) is 0 Å². The summed E-state index contributed by atoms with van der Waals surface area (Å²) in [5.41, 5.74) is 1.30. The Morgan fingerprint density at radius 3 is 2.85 bits per heavy atom. The summed E-state index contributed by atoms with van der Waals surface area (Å²) in [6, 6.07) is 0. The monoisotopic (exact) mass is 181 g/mol. The molecule has 0 fully saturated rings. The molecule has 0 aromatic carbocycles. The largest absolute Gasteiger partial charge is 0.316 e. The van der Waals surface area contributed by atoms with Gasteiger partial charge < -0.3 is 5.32 Å². The fourth-order valence-electron chi connectivity index (χ4n) is 1.22. The summed E-state index contributed by atoms with van der Waals surface area (Å²) in [5.74, 6) is 0.730. The van der Waals surface area contributed by atoms with Gasteiger partial charge in [0.15, 0.2) is 0 Å². The van der Waals surface area contributed by atoms with E-state index in [0.717, 1.165) is 25.4 Å². The summed E-state index contributed by atoms with van der Waals surface area (Å²) in [6.45, 7) is 6.58. The van der Waals surface area contributed by atoms with Gasteiger partial charge in [0.25, 0.3) is 0 Å². The van der Waals surface area contributed by atoms with Crippen molar-refractivity contribution in [3.05, 3.63) is 18.0 Å². The molecule has 0 amide bonds. The fraction of sp³-hybridized carbons (Fsp3) is 0.700. The molecular formula is C10H19N3. The molecule has 13 heavy (non-hydrogen) atoms. The Hall–Kier alpha value is -0.830. The maximum Gasteiger partial charge on any atom is 0.0522 e. The summed E-state index contributed by atoms with van der Waals surface area (Å²) in [5, 5.41) is 7.52. The molecule has 1 N–H and O–H groups in total. The molecule has 1 aromatic heterocycles. The van der Waals surface area contributed by atoms with Crippen LogP contribution in [0.4, 0.5) is 0 Å². The minimum absolute atomic E-state index is 0.730. The van der Waals surface area contributed by atoms with Gasteiger partial charge in [0.05, 0.1) is 6.20 Å². The number of hydrogen-bond donors (Lipinski definition) is 1. The average molecular weight is 181 g/mol. The lowest BCUT2D eigenvalue weighted by Gasteiger charge is -2.05. The molecule has 74 valence electrons. The van der Waals surface area contributed by atoms with Gasteiger partial charge in [-0.2, -0.15) is 5.10 Å². The Bertz CT molecular complexity index is 240. The SMILES string of the molecule is CC(C)CNCCc1cnn(C)c1. The van der Waals surface area contributed by atoms with Crippen molar-refractivity contribution in [1.82, 2.24) is 15.1 Å². The van der Waals surface area contributed by atoms with Crippen LogP contribution in [0.2, 0.25) is 0 Å². The van der Waals surface area contributed by atoms with Crippen molar-refractivity contribution >= 4 is 0 Å². The number of rotatable bonds is 5. The summed E-state index contributed by atoms with van der Waals surface area (Å²) in [4.78, 5) is 0. The standard InChI is InChI=1S/C10H19N3/c1-9(2)6-11-5-4-10-7-12-13(3)8-10/h7-9,11H,4-6H2,1-3H3. The van der Waals surface area contributed by atoms with Crippen LogP contribution >= 0.6 is 0 Å². The lowest BCUT2D eigenvalue weighted by molar-refractivity contribution is 0.554. The van der Waals surface area contributed by atoms with Crippen molar-refractivity contribution in [2.75, 3.05) is 13.1 Å². The predicted molar refractivity (Wildman–Crippen MR) is 54.6 cm³/mol. The van der Waals surface area contributed by atoms with Gasteiger partial charge in [-0.05, 0) is 31.0 Å². The van der Waals surface area contributed by atoms with Gasteiger partial charge in [-0.1, -0.05) is 13.8 Å². The number of aromatic nitrogens is 2. The summed E-state index contributed by atoms with van der Waals surface area (Å²) in [6.07, 6.45) is 5.06. The number of nitrogens with one attached hydrogen (secondary N) is 1. The maximum atomic E-state index is 4.12. The van der Waals surface area contributed by atoms with E-state index in [2.05, 4.69) is 30.5 Å². The summed E-state index contributed by atoms with van der Waals surface area (Å²) >= 11 is 0. The molecule has 0 bridgehead atoms. The second kappa shape index (κ2) is 5.02. The second-order valence-corrected chi connectivity index (χ2v) is 3.87. The third-order valence-corrected chi connectivity index (χ3v) is 1.90. The molecule has 0 saturated heterocycles. The van der Waals surface area contributed by atoms with Crippen LogP contribution in [0.15, 0.2) is 12.4 Å². The maximum absolute atomic E-state index is 4.12. The normalized spacial score (nSPS) is 11.1. The van der Waals surface area contributed by atoms with E-state index in [1.807, 2.05) is 17.9 Å². The van der Waals surface area contributed by atoms with E-state index in [0.29, 0.717) is 0 Å². The molecule has 0 saturated carbocycles. The zero-order chi connectivity index (χ0) is 9.68. The van der Waals surface area contributed by atoms with E-state index in [1.54, 1.807) is 0 Å². The van der Waals surface area contributed by atoms with Crippen LogP contribution in [0.5, 0.6) is 0 Å². The van der Waals surface area contributed by atoms with Gasteiger partial charge in [0.2, 0.25) is 0 Å². The Kier molecular flexibility index (Phi) is 3.96. The van der Waals surface area contributed by atoms with Crippen LogP contribution in [0, 0.1) is 5.92 Å². The smallest absolute Gasteiger partial charge is 0.0522 e. The van der Waals surface area contributed by atoms with Crippen LogP contribution in [-0.4, -0.2) is 22.9 Å². The fourth-order valence-corrected chi connectivity index (χ4v) is 1.22. The minimum Gasteiger partial charge on any atom is -0.316 e. The lowest BCUT2D eigenvalue weighted by Crippen LogP contribution is -2.21. The van der Waals surface area contributed by atoms with Gasteiger partial charge in [0, 0.05) is 13.2 Å².